The van der Waals surface area contributed by atoms with Crippen LogP contribution in [-0.2, 0) is 16.0 Å². The van der Waals surface area contributed by atoms with Gasteiger partial charge in [-0.25, -0.2) is 0 Å². The number of carbonyl (C=O) groups excluding carboxylic acids is 2. The SMILES string of the molecule is CC(=O)N(CCC(=O)N1c2ccccc2CC1C)c1cccc(C#N)c1. The lowest BCUT2D eigenvalue weighted by molar-refractivity contribution is -0.119. The zero-order valence-electron chi connectivity index (χ0n) is 15.0. The van der Waals surface area contributed by atoms with Crippen molar-refractivity contribution in [1.82, 2.24) is 0 Å². The van der Waals surface area contributed by atoms with E-state index in [9.17, 15) is 9.59 Å². The monoisotopic (exact) mass is 347 g/mol. The summed E-state index contributed by atoms with van der Waals surface area (Å²) in [4.78, 5) is 28.3. The summed E-state index contributed by atoms with van der Waals surface area (Å²) in [6.45, 7) is 3.79. The summed E-state index contributed by atoms with van der Waals surface area (Å²) < 4.78 is 0. The Balaban J connectivity index is 1.75. The van der Waals surface area contributed by atoms with E-state index in [-0.39, 0.29) is 30.8 Å². The van der Waals surface area contributed by atoms with Crippen LogP contribution in [0.4, 0.5) is 11.4 Å². The molecule has 2 amide bonds. The molecule has 0 aliphatic carbocycles. The topological polar surface area (TPSA) is 64.4 Å². The van der Waals surface area contributed by atoms with Crippen molar-refractivity contribution in [1.29, 1.82) is 5.26 Å². The van der Waals surface area contributed by atoms with Gasteiger partial charge in [0.15, 0.2) is 0 Å². The molecular formula is C21H21N3O2. The summed E-state index contributed by atoms with van der Waals surface area (Å²) in [5.41, 5.74) is 3.27. The van der Waals surface area contributed by atoms with E-state index in [0.717, 1.165) is 12.1 Å². The van der Waals surface area contributed by atoms with Crippen molar-refractivity contribution >= 4 is 23.2 Å². The normalized spacial score (nSPS) is 15.3. The smallest absolute Gasteiger partial charge is 0.229 e. The van der Waals surface area contributed by atoms with Crippen LogP contribution in [0.15, 0.2) is 48.5 Å². The molecule has 0 saturated heterocycles. The Bertz CT molecular complexity index is 885. The van der Waals surface area contributed by atoms with Gasteiger partial charge in [0.05, 0.1) is 11.6 Å². The second kappa shape index (κ2) is 7.40. The maximum Gasteiger partial charge on any atom is 0.229 e. The summed E-state index contributed by atoms with van der Waals surface area (Å²) in [7, 11) is 0. The molecular weight excluding hydrogens is 326 g/mol. The highest BCUT2D eigenvalue weighted by molar-refractivity contribution is 5.98. The predicted molar refractivity (Wildman–Crippen MR) is 101 cm³/mol. The molecule has 0 radical (unpaired) electrons. The number of nitriles is 1. The number of carbonyl (C=O) groups is 2. The molecule has 0 bridgehead atoms. The van der Waals surface area contributed by atoms with Crippen LogP contribution in [0, 0.1) is 11.3 Å². The maximum absolute atomic E-state index is 12.8. The molecule has 1 aliphatic heterocycles. The van der Waals surface area contributed by atoms with E-state index in [1.807, 2.05) is 36.1 Å². The van der Waals surface area contributed by atoms with Gasteiger partial charge in [-0.05, 0) is 43.2 Å². The minimum absolute atomic E-state index is 0.00476. The zero-order chi connectivity index (χ0) is 18.7. The summed E-state index contributed by atoms with van der Waals surface area (Å²) in [6, 6.07) is 17.0. The van der Waals surface area contributed by atoms with E-state index in [2.05, 4.69) is 6.07 Å². The van der Waals surface area contributed by atoms with Crippen LogP contribution in [0.25, 0.3) is 0 Å². The first-order valence-corrected chi connectivity index (χ1v) is 8.69. The largest absolute Gasteiger partial charge is 0.312 e. The molecule has 0 spiro atoms. The maximum atomic E-state index is 12.8. The zero-order valence-corrected chi connectivity index (χ0v) is 15.0. The Morgan fingerprint density at radius 2 is 2.00 bits per heavy atom. The van der Waals surface area contributed by atoms with Crippen LogP contribution < -0.4 is 9.80 Å². The number of fused-ring (bicyclic) bond motifs is 1. The van der Waals surface area contributed by atoms with Crippen LogP contribution >= 0.6 is 0 Å². The molecule has 5 heteroatoms. The predicted octanol–water partition coefficient (Wildman–Crippen LogP) is 3.28. The van der Waals surface area contributed by atoms with Gasteiger partial charge in [0.1, 0.15) is 0 Å². The molecule has 0 aromatic heterocycles. The fourth-order valence-electron chi connectivity index (χ4n) is 3.49. The quantitative estimate of drug-likeness (QED) is 0.852. The lowest BCUT2D eigenvalue weighted by atomic mass is 10.1. The highest BCUT2D eigenvalue weighted by atomic mass is 16.2. The van der Waals surface area contributed by atoms with Gasteiger partial charge in [0, 0.05) is 37.3 Å². The third kappa shape index (κ3) is 3.45. The van der Waals surface area contributed by atoms with Crippen molar-refractivity contribution in [2.24, 2.45) is 0 Å². The first kappa shape index (κ1) is 17.7. The average Bonchev–Trinajstić information content (AvgIpc) is 2.97. The van der Waals surface area contributed by atoms with E-state index < -0.39 is 0 Å². The van der Waals surface area contributed by atoms with Crippen molar-refractivity contribution in [3.63, 3.8) is 0 Å². The average molecular weight is 347 g/mol. The molecule has 0 fully saturated rings. The van der Waals surface area contributed by atoms with E-state index in [1.54, 1.807) is 29.2 Å². The fourth-order valence-corrected chi connectivity index (χ4v) is 3.49. The van der Waals surface area contributed by atoms with Gasteiger partial charge in [-0.1, -0.05) is 24.3 Å². The number of benzene rings is 2. The van der Waals surface area contributed by atoms with Crippen molar-refractivity contribution in [2.75, 3.05) is 16.3 Å². The van der Waals surface area contributed by atoms with E-state index in [4.69, 9.17) is 5.26 Å². The summed E-state index contributed by atoms with van der Waals surface area (Å²) in [5, 5.41) is 9.05. The molecule has 3 rings (SSSR count). The Labute approximate surface area is 153 Å². The van der Waals surface area contributed by atoms with E-state index in [1.165, 1.54) is 12.5 Å². The van der Waals surface area contributed by atoms with Gasteiger partial charge in [-0.3, -0.25) is 9.59 Å². The molecule has 132 valence electrons. The lowest BCUT2D eigenvalue weighted by Crippen LogP contribution is -2.39. The molecule has 1 unspecified atom stereocenters. The van der Waals surface area contributed by atoms with Crippen molar-refractivity contribution in [3.05, 3.63) is 59.7 Å². The first-order valence-electron chi connectivity index (χ1n) is 8.69. The van der Waals surface area contributed by atoms with Gasteiger partial charge < -0.3 is 9.80 Å². The summed E-state index contributed by atoms with van der Waals surface area (Å²) in [5.74, 6) is -0.145. The molecule has 1 aliphatic rings. The molecule has 0 saturated carbocycles. The van der Waals surface area contributed by atoms with Crippen molar-refractivity contribution < 1.29 is 9.59 Å². The molecule has 1 atom stereocenters. The molecule has 0 N–H and O–H groups in total. The van der Waals surface area contributed by atoms with E-state index >= 15 is 0 Å². The van der Waals surface area contributed by atoms with Gasteiger partial charge >= 0.3 is 0 Å². The Morgan fingerprint density at radius 1 is 1.23 bits per heavy atom. The van der Waals surface area contributed by atoms with Gasteiger partial charge in [-0.2, -0.15) is 5.26 Å². The Hall–Kier alpha value is -3.13. The number of nitrogens with zero attached hydrogens (tertiary/aromatic N) is 3. The summed E-state index contributed by atoms with van der Waals surface area (Å²) >= 11 is 0. The number of hydrogen-bond acceptors (Lipinski definition) is 3. The molecule has 2 aromatic rings. The minimum Gasteiger partial charge on any atom is -0.312 e. The van der Waals surface area contributed by atoms with Crippen molar-refractivity contribution in [3.8, 4) is 6.07 Å². The highest BCUT2D eigenvalue weighted by Gasteiger charge is 2.30. The third-order valence-corrected chi connectivity index (χ3v) is 4.69. The van der Waals surface area contributed by atoms with Gasteiger partial charge in [0.25, 0.3) is 0 Å². The summed E-state index contributed by atoms with van der Waals surface area (Å²) in [6.07, 6.45) is 1.08. The van der Waals surface area contributed by atoms with Gasteiger partial charge in [-0.15, -0.1) is 0 Å². The third-order valence-electron chi connectivity index (χ3n) is 4.69. The standard InChI is InChI=1S/C21H21N3O2/c1-15-12-18-7-3-4-9-20(18)24(15)21(26)10-11-23(16(2)25)19-8-5-6-17(13-19)14-22/h3-9,13,15H,10-12H2,1-2H3. The number of rotatable bonds is 4. The van der Waals surface area contributed by atoms with Crippen LogP contribution in [0.2, 0.25) is 0 Å². The van der Waals surface area contributed by atoms with Crippen LogP contribution in [0.1, 0.15) is 31.4 Å². The Kier molecular flexibility index (Phi) is 5.04. The lowest BCUT2D eigenvalue weighted by Gasteiger charge is -2.26. The number of hydrogen-bond donors (Lipinski definition) is 0. The molecule has 1 heterocycles. The van der Waals surface area contributed by atoms with Gasteiger partial charge in [0.2, 0.25) is 11.8 Å². The second-order valence-electron chi connectivity index (χ2n) is 6.53. The Morgan fingerprint density at radius 3 is 2.73 bits per heavy atom. The van der Waals surface area contributed by atoms with Crippen molar-refractivity contribution in [2.45, 2.75) is 32.7 Å². The second-order valence-corrected chi connectivity index (χ2v) is 6.53. The first-order chi connectivity index (χ1) is 12.5. The minimum atomic E-state index is -0.150. The number of amides is 2. The molecule has 2 aromatic carbocycles. The molecule has 5 nitrogen and oxygen atoms in total. The van der Waals surface area contributed by atoms with Crippen LogP contribution in [-0.4, -0.2) is 24.4 Å². The fraction of sp³-hybridized carbons (Fsp3) is 0.286. The van der Waals surface area contributed by atoms with Crippen LogP contribution in [0.3, 0.4) is 0 Å². The molecule has 26 heavy (non-hydrogen) atoms. The number of anilines is 2. The van der Waals surface area contributed by atoms with Crippen LogP contribution in [0.5, 0.6) is 0 Å². The van der Waals surface area contributed by atoms with E-state index in [0.29, 0.717) is 11.3 Å². The highest BCUT2D eigenvalue weighted by Crippen LogP contribution is 2.32. The number of para-hydroxylation sites is 1.